The van der Waals surface area contributed by atoms with E-state index >= 15 is 0 Å². The molecule has 2 heteroatoms. The van der Waals surface area contributed by atoms with Gasteiger partial charge in [-0.05, 0) is 0 Å². The van der Waals surface area contributed by atoms with Crippen LogP contribution in [0, 0.1) is 0 Å². The van der Waals surface area contributed by atoms with Crippen molar-refractivity contribution >= 4 is 22.5 Å². The smallest absolute Gasteiger partial charge is 0.0839 e. The molecule has 0 aliphatic heterocycles. The van der Waals surface area contributed by atoms with Crippen molar-refractivity contribution in [2.45, 2.75) is 26.1 Å². The molecule has 0 amide bonds. The van der Waals surface area contributed by atoms with Gasteiger partial charge in [0.05, 0.1) is 34.3 Å². The monoisotopic (exact) mass is 373 g/mol. The summed E-state index contributed by atoms with van der Waals surface area (Å²) >= 11 is 0. The van der Waals surface area contributed by atoms with Crippen LogP contribution >= 0.6 is 0 Å². The third-order valence-corrected chi connectivity index (χ3v) is 5.47. The molecule has 1 nitrogen and oxygen atoms in total. The average Bonchev–Trinajstić information content (AvgIpc) is 2.70. The second-order valence-corrected chi connectivity index (χ2v) is 9.23. The molecule has 148 valence electrons. The van der Waals surface area contributed by atoms with E-state index in [-0.39, 0.29) is 0 Å². The minimum Gasteiger partial charge on any atom is -0.333 e. The van der Waals surface area contributed by atoms with E-state index in [1.165, 1.54) is 16.4 Å². The van der Waals surface area contributed by atoms with Gasteiger partial charge in [0.2, 0.25) is 0 Å². The fourth-order valence-electron chi connectivity index (χ4n) is 4.19. The summed E-state index contributed by atoms with van der Waals surface area (Å²) in [7, 11) is 8.50. The van der Waals surface area contributed by atoms with Crippen LogP contribution in [0.5, 0.6) is 0 Å². The maximum atomic E-state index is 2.40. The summed E-state index contributed by atoms with van der Waals surface area (Å²) in [5, 5.41) is 0. The maximum absolute atomic E-state index is 2.40. The molecular formula is C26H36BN. The van der Waals surface area contributed by atoms with Crippen molar-refractivity contribution in [3.8, 4) is 0 Å². The van der Waals surface area contributed by atoms with E-state index in [0.29, 0.717) is 5.82 Å². The van der Waals surface area contributed by atoms with Gasteiger partial charge in [0.1, 0.15) is 0 Å². The summed E-state index contributed by atoms with van der Waals surface area (Å²) in [5.74, 6) is 0.558. The van der Waals surface area contributed by atoms with Gasteiger partial charge >= 0.3 is 0 Å². The first kappa shape index (κ1) is 22.0. The van der Waals surface area contributed by atoms with E-state index in [2.05, 4.69) is 133 Å². The first-order chi connectivity index (χ1) is 13.3. The van der Waals surface area contributed by atoms with Crippen LogP contribution in [0.4, 0.5) is 0 Å². The molecule has 1 unspecified atom stereocenters. The second-order valence-electron chi connectivity index (χ2n) is 9.23. The Morgan fingerprint density at radius 3 is 1.07 bits per heavy atom. The molecule has 0 aromatic heterocycles. The predicted molar refractivity (Wildman–Crippen MR) is 128 cm³/mol. The zero-order chi connectivity index (χ0) is 20.6. The van der Waals surface area contributed by atoms with Crippen molar-refractivity contribution < 1.29 is 4.48 Å². The highest BCUT2D eigenvalue weighted by molar-refractivity contribution is 7.12. The average molecular weight is 373 g/mol. The molecule has 3 aromatic carbocycles. The summed E-state index contributed by atoms with van der Waals surface area (Å²) in [6.07, 6.45) is 0.177. The maximum Gasteiger partial charge on any atom is 0.0839 e. The van der Waals surface area contributed by atoms with E-state index < -0.39 is 6.15 Å². The molecule has 0 heterocycles. The van der Waals surface area contributed by atoms with Crippen molar-refractivity contribution in [3.63, 3.8) is 0 Å². The quantitative estimate of drug-likeness (QED) is 0.463. The third-order valence-electron chi connectivity index (χ3n) is 5.47. The zero-order valence-corrected chi connectivity index (χ0v) is 18.5. The Morgan fingerprint density at radius 1 is 0.607 bits per heavy atom. The Morgan fingerprint density at radius 2 is 0.857 bits per heavy atom. The van der Waals surface area contributed by atoms with E-state index in [1.807, 2.05) is 0 Å². The molecule has 0 saturated carbocycles. The summed E-state index contributed by atoms with van der Waals surface area (Å²) in [6, 6.07) is 33.1. The lowest BCUT2D eigenvalue weighted by molar-refractivity contribution is -0.849. The van der Waals surface area contributed by atoms with Gasteiger partial charge in [0, 0.05) is 0 Å². The number of nitrogens with zero attached hydrogens (tertiary/aromatic N) is 1. The van der Waals surface area contributed by atoms with Crippen LogP contribution in [0.2, 0.25) is 5.82 Å². The van der Waals surface area contributed by atoms with Gasteiger partial charge < -0.3 is 4.48 Å². The Kier molecular flexibility index (Phi) is 7.65. The minimum absolute atomic E-state index is 0.558. The summed E-state index contributed by atoms with van der Waals surface area (Å²) in [4.78, 5) is 0. The van der Waals surface area contributed by atoms with Gasteiger partial charge in [-0.15, -0.1) is 0 Å². The first-order valence-electron chi connectivity index (χ1n) is 10.4. The lowest BCUT2D eigenvalue weighted by Gasteiger charge is -2.48. The van der Waals surface area contributed by atoms with Crippen molar-refractivity contribution in [1.82, 2.24) is 0 Å². The number of hydrogen-bond acceptors (Lipinski definition) is 0. The van der Waals surface area contributed by atoms with Gasteiger partial charge in [0.15, 0.2) is 0 Å². The largest absolute Gasteiger partial charge is 0.333 e. The van der Waals surface area contributed by atoms with Crippen molar-refractivity contribution in [1.29, 1.82) is 0 Å². The van der Waals surface area contributed by atoms with Crippen LogP contribution in [-0.4, -0.2) is 38.8 Å². The van der Waals surface area contributed by atoms with E-state index in [1.54, 1.807) is 0 Å². The first-order valence-corrected chi connectivity index (χ1v) is 10.4. The van der Waals surface area contributed by atoms with Crippen molar-refractivity contribution in [3.05, 3.63) is 91.0 Å². The normalized spacial score (nSPS) is 12.6. The van der Waals surface area contributed by atoms with Gasteiger partial charge in [-0.25, -0.2) is 0 Å². The van der Waals surface area contributed by atoms with Gasteiger partial charge in [-0.2, -0.15) is 22.2 Å². The lowest BCUT2D eigenvalue weighted by Crippen LogP contribution is -2.69. The van der Waals surface area contributed by atoms with Crippen LogP contribution in [0.15, 0.2) is 91.0 Å². The summed E-state index contributed by atoms with van der Waals surface area (Å²) < 4.78 is 1.00. The van der Waals surface area contributed by atoms with E-state index in [9.17, 15) is 0 Å². The van der Waals surface area contributed by atoms with Gasteiger partial charge in [-0.1, -0.05) is 111 Å². The highest BCUT2D eigenvalue weighted by atomic mass is 15.2. The molecule has 0 spiro atoms. The van der Waals surface area contributed by atoms with Crippen LogP contribution in [0.1, 0.15) is 20.3 Å². The molecule has 1 atom stereocenters. The Hall–Kier alpha value is -2.32. The number of benzene rings is 3. The molecule has 3 rings (SSSR count). The highest BCUT2D eigenvalue weighted by Gasteiger charge is 2.33. The number of hydrogen-bond donors (Lipinski definition) is 0. The van der Waals surface area contributed by atoms with E-state index in [0.717, 1.165) is 10.9 Å². The fourth-order valence-corrected chi connectivity index (χ4v) is 4.19. The highest BCUT2D eigenvalue weighted by Crippen LogP contribution is 2.25. The molecule has 0 aliphatic rings. The van der Waals surface area contributed by atoms with Crippen LogP contribution in [-0.2, 0) is 0 Å². The molecular weight excluding hydrogens is 337 g/mol. The summed E-state index contributed by atoms with van der Waals surface area (Å²) in [5.41, 5.74) is 4.29. The molecule has 0 aliphatic carbocycles. The Balaban J connectivity index is 0.000000500. The topological polar surface area (TPSA) is 0 Å². The number of quaternary nitrogens is 1. The molecule has 28 heavy (non-hydrogen) atoms. The number of rotatable bonds is 5. The Labute approximate surface area is 172 Å². The summed E-state index contributed by atoms with van der Waals surface area (Å²) in [6.45, 7) is 4.70. The minimum atomic E-state index is -0.974. The molecule has 0 saturated heterocycles. The molecule has 0 radical (unpaired) electrons. The van der Waals surface area contributed by atoms with Gasteiger partial charge in [-0.3, -0.25) is 0 Å². The van der Waals surface area contributed by atoms with Crippen LogP contribution < -0.4 is 16.4 Å². The molecule has 0 bridgehead atoms. The predicted octanol–water partition coefficient (Wildman–Crippen LogP) is 4.28. The van der Waals surface area contributed by atoms with Crippen molar-refractivity contribution in [2.24, 2.45) is 0 Å². The molecule has 0 N–H and O–H groups in total. The lowest BCUT2D eigenvalue weighted by atomic mass is 9.10. The zero-order valence-electron chi connectivity index (χ0n) is 18.5. The SMILES string of the molecule is CCC(C)[B-](c1ccccc1)(c1ccccc1)c1ccccc1.C[N+](C)(C)C. The van der Waals surface area contributed by atoms with E-state index in [4.69, 9.17) is 0 Å². The fraction of sp³-hybridized carbons (Fsp3) is 0.308. The Bertz CT molecular complexity index is 705. The van der Waals surface area contributed by atoms with Gasteiger partial charge in [0.25, 0.3) is 0 Å². The standard InChI is InChI=1S/C22H24B.C4H12N/c1-3-19(2)23(20-13-7-4-8-14-20,21-15-9-5-10-16-21)22-17-11-6-12-18-22;1-5(2,3)4/h4-19H,3H2,1-2H3;1-4H3/q-1;+1. The van der Waals surface area contributed by atoms with Crippen molar-refractivity contribution in [2.75, 3.05) is 28.2 Å². The third kappa shape index (κ3) is 5.36. The second kappa shape index (κ2) is 9.75. The van der Waals surface area contributed by atoms with Crippen LogP contribution in [0.25, 0.3) is 0 Å². The molecule has 3 aromatic rings. The molecule has 0 fully saturated rings. The van der Waals surface area contributed by atoms with Crippen LogP contribution in [0.3, 0.4) is 0 Å².